The van der Waals surface area contributed by atoms with E-state index >= 15 is 0 Å². The van der Waals surface area contributed by atoms with Gasteiger partial charge in [-0.3, -0.25) is 4.48 Å². The molecule has 0 aromatic heterocycles. The SMILES string of the molecule is COc1ccccc1[N+](C)(C)Cc1ccccc1. The second-order valence-corrected chi connectivity index (χ2v) is 5.00. The zero-order valence-corrected chi connectivity index (χ0v) is 11.3. The summed E-state index contributed by atoms with van der Waals surface area (Å²) in [4.78, 5) is 0. The van der Waals surface area contributed by atoms with Crippen LogP contribution in [0.4, 0.5) is 5.69 Å². The largest absolute Gasteiger partial charge is 0.491 e. The smallest absolute Gasteiger partial charge is 0.179 e. The summed E-state index contributed by atoms with van der Waals surface area (Å²) in [7, 11) is 6.12. The molecule has 94 valence electrons. The first-order chi connectivity index (χ1) is 8.63. The van der Waals surface area contributed by atoms with Crippen LogP contribution in [-0.2, 0) is 6.54 Å². The van der Waals surface area contributed by atoms with Gasteiger partial charge in [-0.15, -0.1) is 0 Å². The third-order valence-electron chi connectivity index (χ3n) is 3.16. The molecule has 2 nitrogen and oxygen atoms in total. The quantitative estimate of drug-likeness (QED) is 0.746. The molecule has 0 N–H and O–H groups in total. The summed E-state index contributed by atoms with van der Waals surface area (Å²) in [5, 5.41) is 0. The third-order valence-corrected chi connectivity index (χ3v) is 3.16. The van der Waals surface area contributed by atoms with Gasteiger partial charge in [0.25, 0.3) is 0 Å². The van der Waals surface area contributed by atoms with Crippen molar-refractivity contribution in [2.45, 2.75) is 6.54 Å². The second-order valence-electron chi connectivity index (χ2n) is 5.00. The Labute approximate surface area is 109 Å². The second kappa shape index (κ2) is 5.23. The average Bonchev–Trinajstić information content (AvgIpc) is 2.39. The van der Waals surface area contributed by atoms with Crippen molar-refractivity contribution < 1.29 is 4.74 Å². The number of hydrogen-bond acceptors (Lipinski definition) is 1. The normalized spacial score (nSPS) is 11.3. The van der Waals surface area contributed by atoms with Gasteiger partial charge in [0, 0.05) is 11.6 Å². The Hall–Kier alpha value is -1.80. The fraction of sp³-hybridized carbons (Fsp3) is 0.250. The summed E-state index contributed by atoms with van der Waals surface area (Å²) < 4.78 is 6.23. The van der Waals surface area contributed by atoms with Gasteiger partial charge < -0.3 is 4.74 Å². The van der Waals surface area contributed by atoms with Crippen molar-refractivity contribution >= 4 is 5.69 Å². The minimum Gasteiger partial charge on any atom is -0.491 e. The molecule has 2 aromatic carbocycles. The van der Waals surface area contributed by atoms with Gasteiger partial charge in [-0.25, -0.2) is 0 Å². The standard InChI is InChI=1S/C16H20NO/c1-17(2,13-14-9-5-4-6-10-14)15-11-7-8-12-16(15)18-3/h4-12H,13H2,1-3H3/q+1. The van der Waals surface area contributed by atoms with Crippen molar-refractivity contribution in [3.63, 3.8) is 0 Å². The topological polar surface area (TPSA) is 9.23 Å². The summed E-state index contributed by atoms with van der Waals surface area (Å²) >= 11 is 0. The Kier molecular flexibility index (Phi) is 3.68. The minimum absolute atomic E-state index is 0.772. The Morgan fingerprint density at radius 2 is 1.50 bits per heavy atom. The molecular weight excluding hydrogens is 222 g/mol. The first-order valence-corrected chi connectivity index (χ1v) is 6.14. The molecule has 0 radical (unpaired) electrons. The average molecular weight is 242 g/mol. The summed E-state index contributed by atoms with van der Waals surface area (Å²) in [6.45, 7) is 0.946. The number of nitrogens with zero attached hydrogens (tertiary/aromatic N) is 1. The van der Waals surface area contributed by atoms with E-state index < -0.39 is 0 Å². The Bertz CT molecular complexity index is 506. The molecule has 0 aliphatic rings. The highest BCUT2D eigenvalue weighted by atomic mass is 16.5. The molecule has 0 unspecified atom stereocenters. The van der Waals surface area contributed by atoms with E-state index in [9.17, 15) is 0 Å². The fourth-order valence-electron chi connectivity index (χ4n) is 2.25. The van der Waals surface area contributed by atoms with Crippen LogP contribution in [0.15, 0.2) is 54.6 Å². The van der Waals surface area contributed by atoms with Crippen LogP contribution >= 0.6 is 0 Å². The lowest BCUT2D eigenvalue weighted by molar-refractivity contribution is 0.355. The van der Waals surface area contributed by atoms with Gasteiger partial charge in [0.15, 0.2) is 11.4 Å². The summed E-state index contributed by atoms with van der Waals surface area (Å²) in [5.41, 5.74) is 2.53. The van der Waals surface area contributed by atoms with Crippen LogP contribution in [-0.4, -0.2) is 21.2 Å². The molecule has 0 heterocycles. The van der Waals surface area contributed by atoms with E-state index in [1.807, 2.05) is 18.2 Å². The molecule has 0 fully saturated rings. The Balaban J connectivity index is 2.30. The van der Waals surface area contributed by atoms with Crippen LogP contribution in [0.5, 0.6) is 5.75 Å². The summed E-state index contributed by atoms with van der Waals surface area (Å²) in [6.07, 6.45) is 0. The number of rotatable bonds is 4. The predicted octanol–water partition coefficient (Wildman–Crippen LogP) is 3.46. The maximum atomic E-state index is 5.45. The molecule has 0 bridgehead atoms. The first-order valence-electron chi connectivity index (χ1n) is 6.14. The van der Waals surface area contributed by atoms with Crippen molar-refractivity contribution in [2.24, 2.45) is 0 Å². The van der Waals surface area contributed by atoms with Crippen LogP contribution in [0.2, 0.25) is 0 Å². The first kappa shape index (κ1) is 12.7. The van der Waals surface area contributed by atoms with Crippen molar-refractivity contribution in [3.8, 4) is 5.75 Å². The maximum absolute atomic E-state index is 5.45. The van der Waals surface area contributed by atoms with E-state index in [1.165, 1.54) is 11.3 Å². The van der Waals surface area contributed by atoms with E-state index in [4.69, 9.17) is 4.74 Å². The molecule has 0 spiro atoms. The summed E-state index contributed by atoms with van der Waals surface area (Å²) in [5.74, 6) is 0.943. The van der Waals surface area contributed by atoms with Crippen molar-refractivity contribution in [2.75, 3.05) is 21.2 Å². The molecule has 0 saturated carbocycles. The zero-order chi connectivity index (χ0) is 13.0. The highest BCUT2D eigenvalue weighted by Crippen LogP contribution is 2.32. The van der Waals surface area contributed by atoms with Crippen molar-refractivity contribution in [3.05, 3.63) is 60.2 Å². The van der Waals surface area contributed by atoms with E-state index in [-0.39, 0.29) is 0 Å². The van der Waals surface area contributed by atoms with Crippen molar-refractivity contribution in [1.29, 1.82) is 0 Å². The van der Waals surface area contributed by atoms with E-state index in [0.29, 0.717) is 0 Å². The molecule has 0 aliphatic heterocycles. The molecule has 0 aliphatic carbocycles. The number of methoxy groups -OCH3 is 1. The molecule has 0 saturated heterocycles. The van der Waals surface area contributed by atoms with E-state index in [2.05, 4.69) is 50.5 Å². The van der Waals surface area contributed by atoms with Crippen LogP contribution in [0.25, 0.3) is 0 Å². The lowest BCUT2D eigenvalue weighted by atomic mass is 10.1. The molecule has 2 rings (SSSR count). The molecule has 2 aromatic rings. The van der Waals surface area contributed by atoms with Crippen LogP contribution in [0.1, 0.15) is 5.56 Å². The van der Waals surface area contributed by atoms with Gasteiger partial charge in [-0.05, 0) is 6.07 Å². The minimum atomic E-state index is 0.772. The number of ether oxygens (including phenoxy) is 1. The lowest BCUT2D eigenvalue weighted by Gasteiger charge is -2.30. The van der Waals surface area contributed by atoms with E-state index in [0.717, 1.165) is 16.8 Å². The number of hydrogen-bond donors (Lipinski definition) is 0. The lowest BCUT2D eigenvalue weighted by Crippen LogP contribution is -2.39. The molecule has 18 heavy (non-hydrogen) atoms. The van der Waals surface area contributed by atoms with E-state index in [1.54, 1.807) is 7.11 Å². The van der Waals surface area contributed by atoms with Crippen LogP contribution in [0, 0.1) is 0 Å². The molecule has 2 heteroatoms. The highest BCUT2D eigenvalue weighted by molar-refractivity contribution is 5.55. The molecule has 0 amide bonds. The molecular formula is C16H20NO+. The van der Waals surface area contributed by atoms with Gasteiger partial charge in [0.2, 0.25) is 0 Å². The monoisotopic (exact) mass is 242 g/mol. The van der Waals surface area contributed by atoms with Gasteiger partial charge in [-0.1, -0.05) is 42.5 Å². The highest BCUT2D eigenvalue weighted by Gasteiger charge is 2.23. The van der Waals surface area contributed by atoms with Crippen molar-refractivity contribution in [1.82, 2.24) is 4.48 Å². The van der Waals surface area contributed by atoms with Gasteiger partial charge in [0.1, 0.15) is 6.54 Å². The Morgan fingerprint density at radius 1 is 0.889 bits per heavy atom. The number of para-hydroxylation sites is 2. The van der Waals surface area contributed by atoms with Crippen LogP contribution < -0.4 is 9.22 Å². The summed E-state index contributed by atoms with van der Waals surface area (Å²) in [6, 6.07) is 18.7. The van der Waals surface area contributed by atoms with Gasteiger partial charge >= 0.3 is 0 Å². The third kappa shape index (κ3) is 2.71. The fourth-order valence-corrected chi connectivity index (χ4v) is 2.25. The van der Waals surface area contributed by atoms with Gasteiger partial charge in [0.05, 0.1) is 21.2 Å². The number of benzene rings is 2. The molecule has 0 atom stereocenters. The maximum Gasteiger partial charge on any atom is 0.179 e. The number of quaternary nitrogens is 1. The zero-order valence-electron chi connectivity index (χ0n) is 11.3. The Morgan fingerprint density at radius 3 is 2.17 bits per heavy atom. The predicted molar refractivity (Wildman–Crippen MR) is 76.8 cm³/mol. The van der Waals surface area contributed by atoms with Gasteiger partial charge in [-0.2, -0.15) is 0 Å². The van der Waals surface area contributed by atoms with Crippen LogP contribution in [0.3, 0.4) is 0 Å².